The summed E-state index contributed by atoms with van der Waals surface area (Å²) in [4.78, 5) is 13.5. The highest BCUT2D eigenvalue weighted by Gasteiger charge is 2.45. The summed E-state index contributed by atoms with van der Waals surface area (Å²) in [6.07, 6.45) is 2.91. The number of hydrogen-bond acceptors (Lipinski definition) is 3. The zero-order valence-corrected chi connectivity index (χ0v) is 9.58. The van der Waals surface area contributed by atoms with Crippen molar-refractivity contribution < 1.29 is 9.53 Å². The largest absolute Gasteiger partial charge is 0.441 e. The summed E-state index contributed by atoms with van der Waals surface area (Å²) in [6, 6.07) is 0.244. The first kappa shape index (κ1) is 10.7. The molecule has 0 bridgehead atoms. The van der Waals surface area contributed by atoms with Crippen molar-refractivity contribution in [3.05, 3.63) is 0 Å². The van der Waals surface area contributed by atoms with E-state index in [4.69, 9.17) is 4.74 Å². The first-order chi connectivity index (χ1) is 7.13. The molecule has 0 aromatic heterocycles. The second-order valence-corrected chi connectivity index (χ2v) is 4.88. The van der Waals surface area contributed by atoms with Crippen LogP contribution in [0, 0.1) is 0 Å². The first-order valence-electron chi connectivity index (χ1n) is 5.83. The zero-order chi connectivity index (χ0) is 10.9. The van der Waals surface area contributed by atoms with Gasteiger partial charge in [0, 0.05) is 12.5 Å². The molecule has 0 aromatic rings. The minimum absolute atomic E-state index is 0.132. The van der Waals surface area contributed by atoms with Crippen molar-refractivity contribution in [3.8, 4) is 0 Å². The fourth-order valence-electron chi connectivity index (χ4n) is 2.41. The van der Waals surface area contributed by atoms with Gasteiger partial charge >= 0.3 is 6.09 Å². The molecule has 2 saturated heterocycles. The van der Waals surface area contributed by atoms with Gasteiger partial charge in [0.1, 0.15) is 5.60 Å². The Morgan fingerprint density at radius 1 is 1.40 bits per heavy atom. The van der Waals surface area contributed by atoms with Crippen molar-refractivity contribution in [2.45, 2.75) is 44.8 Å². The highest BCUT2D eigenvalue weighted by molar-refractivity contribution is 5.71. The maximum absolute atomic E-state index is 11.7. The van der Waals surface area contributed by atoms with Gasteiger partial charge in [-0.25, -0.2) is 4.79 Å². The number of ether oxygens (including phenoxy) is 1. The summed E-state index contributed by atoms with van der Waals surface area (Å²) in [5, 5.41) is 3.35. The van der Waals surface area contributed by atoms with Crippen LogP contribution in [0.3, 0.4) is 0 Å². The van der Waals surface area contributed by atoms with Crippen LogP contribution in [0.4, 0.5) is 4.79 Å². The van der Waals surface area contributed by atoms with E-state index in [0.717, 1.165) is 38.9 Å². The van der Waals surface area contributed by atoms with Crippen LogP contribution in [0.2, 0.25) is 0 Å². The minimum atomic E-state index is -0.204. The molecule has 4 nitrogen and oxygen atoms in total. The molecule has 1 atom stereocenters. The van der Waals surface area contributed by atoms with Crippen LogP contribution >= 0.6 is 0 Å². The number of hydrogen-bond donors (Lipinski definition) is 1. The van der Waals surface area contributed by atoms with Crippen molar-refractivity contribution in [2.24, 2.45) is 0 Å². The van der Waals surface area contributed by atoms with E-state index in [1.165, 1.54) is 0 Å². The van der Waals surface area contributed by atoms with Gasteiger partial charge in [-0.1, -0.05) is 0 Å². The molecule has 0 saturated carbocycles. The third-order valence-electron chi connectivity index (χ3n) is 3.36. The maximum atomic E-state index is 11.7. The van der Waals surface area contributed by atoms with E-state index in [-0.39, 0.29) is 17.7 Å². The van der Waals surface area contributed by atoms with Gasteiger partial charge in [-0.2, -0.15) is 0 Å². The van der Waals surface area contributed by atoms with Gasteiger partial charge in [-0.15, -0.1) is 0 Å². The third-order valence-corrected chi connectivity index (χ3v) is 3.36. The van der Waals surface area contributed by atoms with E-state index < -0.39 is 0 Å². The average molecular weight is 212 g/mol. The van der Waals surface area contributed by atoms with Gasteiger partial charge in [0.15, 0.2) is 0 Å². The Bertz CT molecular complexity index is 245. The molecular formula is C11H20N2O2. The van der Waals surface area contributed by atoms with Crippen molar-refractivity contribution in [1.82, 2.24) is 10.2 Å². The van der Waals surface area contributed by atoms with E-state index in [2.05, 4.69) is 5.32 Å². The molecule has 0 aliphatic carbocycles. The van der Waals surface area contributed by atoms with E-state index >= 15 is 0 Å². The molecule has 1 unspecified atom stereocenters. The number of amides is 1. The molecule has 2 fully saturated rings. The molecule has 2 aliphatic heterocycles. The number of nitrogens with one attached hydrogen (secondary N) is 1. The molecule has 2 aliphatic rings. The number of nitrogens with zero attached hydrogens (tertiary/aromatic N) is 1. The Balaban J connectivity index is 2.07. The quantitative estimate of drug-likeness (QED) is 0.713. The second-order valence-electron chi connectivity index (χ2n) is 4.88. The van der Waals surface area contributed by atoms with Crippen LogP contribution in [-0.2, 0) is 4.74 Å². The summed E-state index contributed by atoms with van der Waals surface area (Å²) >= 11 is 0. The lowest BCUT2D eigenvalue weighted by atomic mass is 9.94. The fourth-order valence-corrected chi connectivity index (χ4v) is 2.41. The predicted octanol–water partition coefficient (Wildman–Crippen LogP) is 1.36. The van der Waals surface area contributed by atoms with Gasteiger partial charge in [0.2, 0.25) is 0 Å². The summed E-state index contributed by atoms with van der Waals surface area (Å²) in [5.41, 5.74) is -0.204. The Labute approximate surface area is 91.0 Å². The summed E-state index contributed by atoms with van der Waals surface area (Å²) < 4.78 is 5.59. The first-order valence-corrected chi connectivity index (χ1v) is 5.83. The normalized spacial score (nSPS) is 32.2. The van der Waals surface area contributed by atoms with Crippen LogP contribution in [0.15, 0.2) is 0 Å². The smallest absolute Gasteiger partial charge is 0.410 e. The Morgan fingerprint density at radius 2 is 2.20 bits per heavy atom. The molecule has 86 valence electrons. The van der Waals surface area contributed by atoms with Gasteiger partial charge in [-0.3, -0.25) is 0 Å². The lowest BCUT2D eigenvalue weighted by molar-refractivity contribution is 0.0469. The molecule has 15 heavy (non-hydrogen) atoms. The summed E-state index contributed by atoms with van der Waals surface area (Å²) in [7, 11) is 0. The molecule has 1 amide bonds. The molecule has 1 N–H and O–H groups in total. The Kier molecular flexibility index (Phi) is 2.87. The predicted molar refractivity (Wildman–Crippen MR) is 57.8 cm³/mol. The van der Waals surface area contributed by atoms with E-state index in [1.54, 1.807) is 0 Å². The third kappa shape index (κ3) is 2.09. The average Bonchev–Trinajstić information content (AvgIpc) is 2.36. The molecule has 1 spiro atoms. The van der Waals surface area contributed by atoms with Crippen LogP contribution in [-0.4, -0.2) is 42.3 Å². The van der Waals surface area contributed by atoms with Crippen molar-refractivity contribution in [3.63, 3.8) is 0 Å². The van der Waals surface area contributed by atoms with Gasteiger partial charge in [-0.05, 0) is 39.8 Å². The second kappa shape index (κ2) is 4.00. The molecule has 2 heterocycles. The van der Waals surface area contributed by atoms with Gasteiger partial charge < -0.3 is 15.0 Å². The molecule has 4 heteroatoms. The van der Waals surface area contributed by atoms with Crippen LogP contribution in [0.5, 0.6) is 0 Å². The van der Waals surface area contributed by atoms with Crippen molar-refractivity contribution in [2.75, 3.05) is 19.6 Å². The lowest BCUT2D eigenvalue weighted by Crippen LogP contribution is -2.37. The summed E-state index contributed by atoms with van der Waals surface area (Å²) in [6.45, 7) is 6.84. The fraction of sp³-hybridized carbons (Fsp3) is 0.909. The molecule has 0 aromatic carbocycles. The minimum Gasteiger partial charge on any atom is -0.441 e. The van der Waals surface area contributed by atoms with Crippen LogP contribution < -0.4 is 5.32 Å². The molecular weight excluding hydrogens is 192 g/mol. The zero-order valence-electron chi connectivity index (χ0n) is 9.58. The highest BCUT2D eigenvalue weighted by Crippen LogP contribution is 2.32. The van der Waals surface area contributed by atoms with Gasteiger partial charge in [0.05, 0.1) is 6.54 Å². The SMILES string of the molecule is CC(C)N1CC2(CCCNCC2)OC1=O. The van der Waals surface area contributed by atoms with Gasteiger partial charge in [0.25, 0.3) is 0 Å². The Morgan fingerprint density at radius 3 is 2.87 bits per heavy atom. The maximum Gasteiger partial charge on any atom is 0.410 e. The lowest BCUT2D eigenvalue weighted by Gasteiger charge is -2.25. The van der Waals surface area contributed by atoms with E-state index in [1.807, 2.05) is 18.7 Å². The van der Waals surface area contributed by atoms with Crippen molar-refractivity contribution >= 4 is 6.09 Å². The monoisotopic (exact) mass is 212 g/mol. The molecule has 0 radical (unpaired) electrons. The standard InChI is InChI=1S/C11H20N2O2/c1-9(2)13-8-11(15-10(13)14)4-3-6-12-7-5-11/h9,12H,3-8H2,1-2H3. The number of carbonyl (C=O) groups is 1. The van der Waals surface area contributed by atoms with E-state index in [0.29, 0.717) is 0 Å². The van der Waals surface area contributed by atoms with Crippen molar-refractivity contribution in [1.29, 1.82) is 0 Å². The molecule has 2 rings (SSSR count). The number of carbonyl (C=O) groups excluding carboxylic acids is 1. The van der Waals surface area contributed by atoms with E-state index in [9.17, 15) is 4.79 Å². The topological polar surface area (TPSA) is 41.6 Å². The highest BCUT2D eigenvalue weighted by atomic mass is 16.6. The summed E-state index contributed by atoms with van der Waals surface area (Å²) in [5.74, 6) is 0. The Hall–Kier alpha value is -0.770. The number of rotatable bonds is 1. The van der Waals surface area contributed by atoms with Crippen LogP contribution in [0.25, 0.3) is 0 Å². The van der Waals surface area contributed by atoms with Crippen LogP contribution in [0.1, 0.15) is 33.1 Å².